The van der Waals surface area contributed by atoms with Crippen molar-refractivity contribution in [2.45, 2.75) is 154 Å². The summed E-state index contributed by atoms with van der Waals surface area (Å²) in [4.78, 5) is 268. The second-order valence-electron chi connectivity index (χ2n) is 33.0. The summed E-state index contributed by atoms with van der Waals surface area (Å²) < 4.78 is 12.7. The number of thiol groups is 1. The van der Waals surface area contributed by atoms with Crippen molar-refractivity contribution < 1.29 is 101 Å². The number of hydrogen-bond acceptors (Lipinski definition) is 24. The lowest BCUT2D eigenvalue weighted by atomic mass is 9.86. The van der Waals surface area contributed by atoms with Crippen molar-refractivity contribution in [1.82, 2.24) is 84.3 Å². The van der Waals surface area contributed by atoms with E-state index in [1.165, 1.54) is 87.2 Å². The molecule has 0 spiro atoms. The number of likely N-dealkylation sites (N-methyl/N-ethyl adjacent to an activating group) is 10. The zero-order valence-corrected chi connectivity index (χ0v) is 76.1. The van der Waals surface area contributed by atoms with E-state index in [-0.39, 0.29) is 126 Å². The molecule has 3 aliphatic heterocycles. The van der Waals surface area contributed by atoms with E-state index < -0.39 is 176 Å². The number of carbonyl (C=O) groups excluding carboxylic acids is 18. The number of amides is 17. The van der Waals surface area contributed by atoms with Gasteiger partial charge >= 0.3 is 12.1 Å². The molecule has 1 fully saturated rings. The minimum atomic E-state index is -2.01. The summed E-state index contributed by atoms with van der Waals surface area (Å²) in [5, 5.41) is 22.8. The Kier molecular flexibility index (Phi) is 36.9. The molecule has 3 aliphatic rings. The number of anilines is 1. The van der Waals surface area contributed by atoms with Crippen LogP contribution in [-0.4, -0.2) is 359 Å². The summed E-state index contributed by atoms with van der Waals surface area (Å²) in [5.74, 6) is -10.3. The number of fused-ring (bicyclic) bond motifs is 5. The van der Waals surface area contributed by atoms with Crippen molar-refractivity contribution in [1.29, 1.82) is 0 Å². The van der Waals surface area contributed by atoms with Gasteiger partial charge in [0.05, 0.1) is 99.7 Å². The van der Waals surface area contributed by atoms with E-state index in [0.717, 1.165) is 60.6 Å². The number of aliphatic hydroxyl groups is 1. The van der Waals surface area contributed by atoms with E-state index >= 15 is 0 Å². The molecule has 1 unspecified atom stereocenters. The zero-order valence-electron chi connectivity index (χ0n) is 75.2. The predicted octanol–water partition coefficient (Wildman–Crippen LogP) is -0.259. The number of nitrogens with one attached hydrogen (secondary N) is 4. The molecule has 0 saturated carbocycles. The summed E-state index contributed by atoms with van der Waals surface area (Å²) in [6.45, 7) is 5.72. The van der Waals surface area contributed by atoms with Crippen LogP contribution >= 0.6 is 12.6 Å². The number of likely N-dealkylation sites (tertiary alicyclic amines) is 1. The van der Waals surface area contributed by atoms with Crippen LogP contribution in [0.3, 0.4) is 0 Å². The Balaban J connectivity index is 0.871. The van der Waals surface area contributed by atoms with Crippen molar-refractivity contribution in [2.75, 3.05) is 161 Å². The molecule has 0 bridgehead atoms. The number of rotatable bonds is 44. The number of pyridine rings is 2. The molecule has 0 radical (unpaired) electrons. The van der Waals surface area contributed by atoms with E-state index in [1.54, 1.807) is 60.6 Å². The number of aromatic nitrogens is 2. The number of ether oxygens (including phenoxy) is 2. The minimum absolute atomic E-state index is 0.0156. The van der Waals surface area contributed by atoms with Gasteiger partial charge in [0.2, 0.25) is 94.5 Å². The van der Waals surface area contributed by atoms with Crippen LogP contribution in [0.15, 0.2) is 59.4 Å². The summed E-state index contributed by atoms with van der Waals surface area (Å²) in [5.41, 5.74) is 2.08. The summed E-state index contributed by atoms with van der Waals surface area (Å²) in [7, 11) is 13.3. The molecule has 692 valence electrons. The lowest BCUT2D eigenvalue weighted by Gasteiger charge is -2.31. The Labute approximate surface area is 743 Å². The number of nitrogens with zero attached hydrogens (tertiary/aromatic N) is 14. The maximum absolute atomic E-state index is 14.3. The number of esters is 1. The molecular formula is C86H120N18O22S. The lowest BCUT2D eigenvalue weighted by molar-refractivity contribution is -0.172. The fourth-order valence-corrected chi connectivity index (χ4v) is 14.4. The van der Waals surface area contributed by atoms with E-state index in [4.69, 9.17) is 14.5 Å². The van der Waals surface area contributed by atoms with Crippen LogP contribution in [0.1, 0.15) is 127 Å². The van der Waals surface area contributed by atoms with Gasteiger partial charge in [0.25, 0.3) is 5.56 Å². The van der Waals surface area contributed by atoms with Crippen LogP contribution in [-0.2, 0) is 123 Å². The van der Waals surface area contributed by atoms with Gasteiger partial charge in [-0.3, -0.25) is 86.4 Å². The molecule has 41 heteroatoms. The number of hydrogen-bond donors (Lipinski definition) is 6. The Morgan fingerprint density at radius 1 is 0.598 bits per heavy atom. The first-order chi connectivity index (χ1) is 59.8. The monoisotopic (exact) mass is 1790 g/mol. The van der Waals surface area contributed by atoms with Crippen LogP contribution in [0, 0.1) is 5.92 Å². The number of benzene rings is 2. The Morgan fingerprint density at radius 3 is 1.57 bits per heavy atom. The van der Waals surface area contributed by atoms with Crippen LogP contribution in [0.5, 0.6) is 0 Å². The predicted molar refractivity (Wildman–Crippen MR) is 466 cm³/mol. The number of unbranched alkanes of at least 4 members (excludes halogenated alkanes) is 3. The summed E-state index contributed by atoms with van der Waals surface area (Å²) in [6.07, 6.45) is 1.69. The van der Waals surface area contributed by atoms with E-state index in [1.807, 2.05) is 38.1 Å². The summed E-state index contributed by atoms with van der Waals surface area (Å²) in [6, 6.07) is 13.0. The average molecular weight is 1790 g/mol. The third-order valence-electron chi connectivity index (χ3n) is 22.5. The Hall–Kier alpha value is -12.4. The third-order valence-corrected chi connectivity index (χ3v) is 22.9. The van der Waals surface area contributed by atoms with Crippen molar-refractivity contribution >= 4 is 136 Å². The highest BCUT2D eigenvalue weighted by Crippen LogP contribution is 2.41. The second-order valence-corrected chi connectivity index (χ2v) is 33.7. The third kappa shape index (κ3) is 27.5. The van der Waals surface area contributed by atoms with Crippen molar-refractivity contribution in [3.63, 3.8) is 0 Å². The van der Waals surface area contributed by atoms with Crippen molar-refractivity contribution in [3.8, 4) is 11.4 Å². The molecule has 2 aromatic heterocycles. The fourth-order valence-electron chi connectivity index (χ4n) is 14.1. The zero-order chi connectivity index (χ0) is 94.3. The van der Waals surface area contributed by atoms with Crippen LogP contribution in [0.4, 0.5) is 10.5 Å². The Bertz CT molecular complexity index is 4890. The first-order valence-corrected chi connectivity index (χ1v) is 42.5. The normalized spacial score (nSPS) is 14.7. The van der Waals surface area contributed by atoms with Crippen molar-refractivity contribution in [3.05, 3.63) is 92.8 Å². The maximum atomic E-state index is 14.3. The largest absolute Gasteiger partial charge is 0.458 e. The van der Waals surface area contributed by atoms with Gasteiger partial charge in [-0.25, -0.2) is 14.6 Å². The number of cyclic esters (lactones) is 1. The smallest absolute Gasteiger partial charge is 0.410 e. The van der Waals surface area contributed by atoms with E-state index in [2.05, 4.69) is 33.9 Å². The Morgan fingerprint density at radius 2 is 1.09 bits per heavy atom. The highest BCUT2D eigenvalue weighted by molar-refractivity contribution is 7.81. The quantitative estimate of drug-likeness (QED) is 0.0127. The van der Waals surface area contributed by atoms with Crippen LogP contribution in [0.25, 0.3) is 22.3 Å². The standard InChI is InChI=1S/C86H120N18O22S/c1-17-86(124)61-37-64-79-59(39-104(64)82(120)60(61)51-125-84(86)122)57(58-25-20-21-26-62(58)89-79)33-36-102(53(4)5)85(123)126-50-55-29-31-56(32-30-55)88-80(118)63(90-81(119)78(52(2)3)91-66(106)28-19-18-24-35-103-68(108)38-65(127)83(103)121)27-22-23-34-87-67(107)40-93(8)70(110)42-95(10)72(112)44-97(12)74(114)46-99(14)76(116)48-101(16)77(117)49-100(15)75(115)47-98(13)73(113)45-96(11)71(111)43-94(9)69(109)41-92(7)54(6)105/h20-21,25-26,29-32,37,52-53,63,65,78,124,127H,17-19,22-24,27-28,33-36,38-51H2,1-16H3,(H,87,107)(H,88,118)(H,90,119)(H,91,106)/t63-,65?,78-,86-/m0/s1. The highest BCUT2D eigenvalue weighted by Gasteiger charge is 2.46. The van der Waals surface area contributed by atoms with Gasteiger partial charge in [-0.05, 0) is 100 Å². The second kappa shape index (κ2) is 46.2. The number of carbonyl (C=O) groups is 18. The van der Waals surface area contributed by atoms with Gasteiger partial charge in [-0.1, -0.05) is 57.5 Å². The van der Waals surface area contributed by atoms with Crippen LogP contribution in [0.2, 0.25) is 0 Å². The molecule has 4 aromatic rings. The average Bonchev–Trinajstić information content (AvgIpc) is 1.59. The SMILES string of the molecule is CC[C@@]1(O)C(=O)OCc2c1cc1n(c2=O)Cc2c-1nc1ccccc1c2CCN(C(=O)OCc1ccc(NC(=O)[C@H](CCCCNC(=O)CN(C)C(=O)CN(C)C(=O)CN(C)C(=O)CN(C)C(=O)CN(C)C(=O)CN(C)C(=O)CN(C)C(=O)CN(C)C(=O)CN(C)C(=O)CN(C)C(C)=O)NC(=O)[C@@H](NC(=O)CCCCCN2C(=O)CC(S)C2=O)C(C)C)cc1)C(C)C. The molecule has 1 saturated heterocycles. The molecule has 2 aromatic carbocycles. The molecule has 40 nitrogen and oxygen atoms in total. The van der Waals surface area contributed by atoms with E-state index in [9.17, 15) is 96.2 Å². The molecular weight excluding hydrogens is 1670 g/mol. The molecule has 17 amide bonds. The lowest BCUT2D eigenvalue weighted by Crippen LogP contribution is -2.54. The fraction of sp³-hybridized carbons (Fsp3) is 0.558. The van der Waals surface area contributed by atoms with Crippen LogP contribution < -0.4 is 26.8 Å². The first-order valence-electron chi connectivity index (χ1n) is 41.9. The van der Waals surface area contributed by atoms with Gasteiger partial charge in [0, 0.05) is 138 Å². The topological polar surface area (TPSA) is 468 Å². The molecule has 5 heterocycles. The molecule has 4 atom stereocenters. The van der Waals surface area contributed by atoms with E-state index in [0.29, 0.717) is 53.8 Å². The van der Waals surface area contributed by atoms with Crippen molar-refractivity contribution in [2.24, 2.45) is 5.92 Å². The number of para-hydroxylation sites is 1. The molecule has 5 N–H and O–H groups in total. The van der Waals surface area contributed by atoms with Gasteiger partial charge in [0.1, 0.15) is 25.3 Å². The molecule has 7 rings (SSSR count). The van der Waals surface area contributed by atoms with Gasteiger partial charge < -0.3 is 94.3 Å². The van der Waals surface area contributed by atoms with Gasteiger partial charge in [-0.15, -0.1) is 0 Å². The minimum Gasteiger partial charge on any atom is -0.458 e. The first kappa shape index (κ1) is 102. The molecule has 0 aliphatic carbocycles. The highest BCUT2D eigenvalue weighted by atomic mass is 32.1. The molecule has 127 heavy (non-hydrogen) atoms. The number of imide groups is 1. The maximum Gasteiger partial charge on any atom is 0.410 e. The summed E-state index contributed by atoms with van der Waals surface area (Å²) >= 11 is 4.17. The van der Waals surface area contributed by atoms with Gasteiger partial charge in [0.15, 0.2) is 5.60 Å². The van der Waals surface area contributed by atoms with Gasteiger partial charge in [-0.2, -0.15) is 12.6 Å².